The van der Waals surface area contributed by atoms with E-state index >= 15 is 0 Å². The molecular weight excluding hydrogens is 366 g/mol. The van der Waals surface area contributed by atoms with E-state index in [1.54, 1.807) is 30.5 Å². The standard InChI is InChI=1S/C23H21N3O3/c27-12-10-20(15-5-2-1-3-6-15)25-22(28)16-8-9-21-18(13-16)19(23(29)26-21)14-17-7-4-11-24-17/h1-9,11,13-14,20,24,27H,10,12H2,(H,25,28)(H,26,29)/b19-14-/t20-/m1/s1. The Morgan fingerprint density at radius 3 is 2.66 bits per heavy atom. The Balaban J connectivity index is 1.61. The smallest absolute Gasteiger partial charge is 0.256 e. The zero-order chi connectivity index (χ0) is 20.2. The van der Waals surface area contributed by atoms with Crippen LogP contribution < -0.4 is 10.6 Å². The molecule has 146 valence electrons. The summed E-state index contributed by atoms with van der Waals surface area (Å²) in [5.41, 5.74) is 4.07. The number of amides is 2. The normalized spacial score (nSPS) is 15.1. The predicted octanol–water partition coefficient (Wildman–Crippen LogP) is 3.36. The Morgan fingerprint density at radius 1 is 1.10 bits per heavy atom. The van der Waals surface area contributed by atoms with E-state index in [4.69, 9.17) is 0 Å². The molecule has 1 aromatic heterocycles. The molecule has 6 heteroatoms. The third-order valence-electron chi connectivity index (χ3n) is 4.91. The van der Waals surface area contributed by atoms with E-state index in [0.717, 1.165) is 11.3 Å². The van der Waals surface area contributed by atoms with E-state index in [1.165, 1.54) is 0 Å². The summed E-state index contributed by atoms with van der Waals surface area (Å²) >= 11 is 0. The van der Waals surface area contributed by atoms with Gasteiger partial charge in [-0.05, 0) is 48.4 Å². The SMILES string of the molecule is O=C1Nc2ccc(C(=O)N[C@H](CCO)c3ccccc3)cc2/C1=C/c1ccc[nH]1. The van der Waals surface area contributed by atoms with Gasteiger partial charge in [0.05, 0.1) is 11.6 Å². The van der Waals surface area contributed by atoms with E-state index in [1.807, 2.05) is 42.5 Å². The molecule has 1 aliphatic rings. The molecule has 2 heterocycles. The van der Waals surface area contributed by atoms with Crippen molar-refractivity contribution in [1.29, 1.82) is 0 Å². The highest BCUT2D eigenvalue weighted by atomic mass is 16.3. The molecule has 0 bridgehead atoms. The average Bonchev–Trinajstić information content (AvgIpc) is 3.36. The van der Waals surface area contributed by atoms with E-state index < -0.39 is 0 Å². The molecule has 0 radical (unpaired) electrons. The third-order valence-corrected chi connectivity index (χ3v) is 4.91. The molecule has 0 unspecified atom stereocenters. The van der Waals surface area contributed by atoms with E-state index in [0.29, 0.717) is 28.8 Å². The second kappa shape index (κ2) is 8.16. The van der Waals surface area contributed by atoms with Crippen LogP contribution in [-0.2, 0) is 4.79 Å². The summed E-state index contributed by atoms with van der Waals surface area (Å²) in [5.74, 6) is -0.455. The van der Waals surface area contributed by atoms with Crippen LogP contribution in [0.5, 0.6) is 0 Å². The van der Waals surface area contributed by atoms with Crippen LogP contribution in [0.3, 0.4) is 0 Å². The second-order valence-corrected chi connectivity index (χ2v) is 6.85. The van der Waals surface area contributed by atoms with Crippen LogP contribution >= 0.6 is 0 Å². The molecule has 0 fully saturated rings. The van der Waals surface area contributed by atoms with Crippen molar-refractivity contribution in [1.82, 2.24) is 10.3 Å². The first kappa shape index (κ1) is 18.7. The van der Waals surface area contributed by atoms with Crippen molar-refractivity contribution in [3.63, 3.8) is 0 Å². The lowest BCUT2D eigenvalue weighted by molar-refractivity contribution is -0.110. The molecular formula is C23H21N3O3. The summed E-state index contributed by atoms with van der Waals surface area (Å²) in [6.45, 7) is -0.0362. The fourth-order valence-corrected chi connectivity index (χ4v) is 3.44. The second-order valence-electron chi connectivity index (χ2n) is 6.85. The number of aliphatic hydroxyl groups excluding tert-OH is 1. The molecule has 0 saturated heterocycles. The topological polar surface area (TPSA) is 94.2 Å². The number of rotatable bonds is 6. The molecule has 6 nitrogen and oxygen atoms in total. The molecule has 1 atom stereocenters. The minimum Gasteiger partial charge on any atom is -0.396 e. The van der Waals surface area contributed by atoms with E-state index in [9.17, 15) is 14.7 Å². The number of carbonyl (C=O) groups excluding carboxylic acids is 2. The van der Waals surface area contributed by atoms with E-state index in [2.05, 4.69) is 15.6 Å². The van der Waals surface area contributed by atoms with Crippen LogP contribution in [0.1, 0.15) is 39.6 Å². The molecule has 2 amide bonds. The van der Waals surface area contributed by atoms with Crippen LogP contribution in [0, 0.1) is 0 Å². The Labute approximate surface area is 168 Å². The molecule has 1 aliphatic heterocycles. The van der Waals surface area contributed by atoms with Crippen molar-refractivity contribution in [2.45, 2.75) is 12.5 Å². The van der Waals surface area contributed by atoms with Crippen molar-refractivity contribution in [2.24, 2.45) is 0 Å². The molecule has 29 heavy (non-hydrogen) atoms. The summed E-state index contributed by atoms with van der Waals surface area (Å²) < 4.78 is 0. The summed E-state index contributed by atoms with van der Waals surface area (Å²) in [6.07, 6.45) is 3.97. The number of hydrogen-bond donors (Lipinski definition) is 4. The van der Waals surface area contributed by atoms with Crippen molar-refractivity contribution >= 4 is 29.2 Å². The Morgan fingerprint density at radius 2 is 1.93 bits per heavy atom. The lowest BCUT2D eigenvalue weighted by Crippen LogP contribution is -2.29. The van der Waals surface area contributed by atoms with Crippen molar-refractivity contribution in [3.8, 4) is 0 Å². The number of nitrogens with one attached hydrogen (secondary N) is 3. The summed E-state index contributed by atoms with van der Waals surface area (Å²) in [4.78, 5) is 28.3. The van der Waals surface area contributed by atoms with Gasteiger partial charge >= 0.3 is 0 Å². The van der Waals surface area contributed by atoms with Crippen LogP contribution in [-0.4, -0.2) is 28.5 Å². The molecule has 0 saturated carbocycles. The largest absolute Gasteiger partial charge is 0.396 e. The maximum absolute atomic E-state index is 12.9. The highest BCUT2D eigenvalue weighted by Gasteiger charge is 2.26. The number of aromatic amines is 1. The van der Waals surface area contributed by atoms with Gasteiger partial charge in [0.2, 0.25) is 0 Å². The Kier molecular flexibility index (Phi) is 5.27. The monoisotopic (exact) mass is 387 g/mol. The first-order valence-corrected chi connectivity index (χ1v) is 9.43. The van der Waals surface area contributed by atoms with Gasteiger partial charge in [-0.2, -0.15) is 0 Å². The maximum Gasteiger partial charge on any atom is 0.256 e. The minimum absolute atomic E-state index is 0.0362. The van der Waals surface area contributed by atoms with Gasteiger partial charge in [0.25, 0.3) is 11.8 Å². The molecule has 2 aromatic carbocycles. The number of aromatic nitrogens is 1. The van der Waals surface area contributed by atoms with Gasteiger partial charge < -0.3 is 20.7 Å². The summed E-state index contributed by atoms with van der Waals surface area (Å²) in [5, 5.41) is 15.2. The van der Waals surface area contributed by atoms with Gasteiger partial charge in [-0.1, -0.05) is 30.3 Å². The van der Waals surface area contributed by atoms with Gasteiger partial charge in [-0.25, -0.2) is 0 Å². The van der Waals surface area contributed by atoms with Gasteiger partial charge in [-0.15, -0.1) is 0 Å². The Bertz CT molecular complexity index is 1060. The number of aliphatic hydroxyl groups is 1. The fraction of sp³-hybridized carbons (Fsp3) is 0.130. The van der Waals surface area contributed by atoms with Gasteiger partial charge in [0.15, 0.2) is 0 Å². The first-order valence-electron chi connectivity index (χ1n) is 9.43. The number of hydrogen-bond acceptors (Lipinski definition) is 3. The number of anilines is 1. The highest BCUT2D eigenvalue weighted by Crippen LogP contribution is 2.33. The fourth-order valence-electron chi connectivity index (χ4n) is 3.44. The highest BCUT2D eigenvalue weighted by molar-refractivity contribution is 6.35. The molecule has 0 aliphatic carbocycles. The van der Waals surface area contributed by atoms with Crippen LogP contribution in [0.2, 0.25) is 0 Å². The minimum atomic E-state index is -0.296. The average molecular weight is 387 g/mol. The number of H-pyrrole nitrogens is 1. The number of fused-ring (bicyclic) bond motifs is 1. The molecule has 4 N–H and O–H groups in total. The lowest BCUT2D eigenvalue weighted by atomic mass is 10.0. The van der Waals surface area contributed by atoms with Crippen molar-refractivity contribution in [3.05, 3.63) is 89.2 Å². The van der Waals surface area contributed by atoms with Crippen LogP contribution in [0.15, 0.2) is 66.9 Å². The summed E-state index contributed by atoms with van der Waals surface area (Å²) in [6, 6.07) is 18.1. The number of benzene rings is 2. The zero-order valence-corrected chi connectivity index (χ0v) is 15.7. The zero-order valence-electron chi connectivity index (χ0n) is 15.7. The lowest BCUT2D eigenvalue weighted by Gasteiger charge is -2.18. The van der Waals surface area contributed by atoms with Crippen molar-refractivity contribution in [2.75, 3.05) is 11.9 Å². The van der Waals surface area contributed by atoms with E-state index in [-0.39, 0.29) is 24.5 Å². The summed E-state index contributed by atoms with van der Waals surface area (Å²) in [7, 11) is 0. The van der Waals surface area contributed by atoms with Crippen LogP contribution in [0.4, 0.5) is 5.69 Å². The quantitative estimate of drug-likeness (QED) is 0.489. The van der Waals surface area contributed by atoms with Gasteiger partial charge in [0.1, 0.15) is 0 Å². The molecule has 3 aromatic rings. The predicted molar refractivity (Wildman–Crippen MR) is 112 cm³/mol. The van der Waals surface area contributed by atoms with Crippen LogP contribution in [0.25, 0.3) is 11.6 Å². The first-order chi connectivity index (χ1) is 14.2. The Hall–Kier alpha value is -3.64. The van der Waals surface area contributed by atoms with Crippen molar-refractivity contribution < 1.29 is 14.7 Å². The third kappa shape index (κ3) is 3.97. The number of carbonyl (C=O) groups is 2. The maximum atomic E-state index is 12.9. The molecule has 4 rings (SSSR count). The van der Waals surface area contributed by atoms with Gasteiger partial charge in [-0.3, -0.25) is 9.59 Å². The molecule has 0 spiro atoms. The van der Waals surface area contributed by atoms with Gasteiger partial charge in [0, 0.05) is 35.3 Å².